The van der Waals surface area contributed by atoms with Crippen molar-refractivity contribution in [3.05, 3.63) is 35.8 Å². The van der Waals surface area contributed by atoms with E-state index in [-0.39, 0.29) is 23.6 Å². The number of piperidine rings is 2. The van der Waals surface area contributed by atoms with Crippen molar-refractivity contribution in [3.63, 3.8) is 0 Å². The van der Waals surface area contributed by atoms with Gasteiger partial charge in [0.1, 0.15) is 0 Å². The molecule has 2 N–H and O–H groups in total. The fraction of sp³-hybridized carbons (Fsp3) is 0.594. The van der Waals surface area contributed by atoms with Crippen LogP contribution in [0.3, 0.4) is 0 Å². The molecular weight excluding hydrogens is 628 g/mol. The Labute approximate surface area is 277 Å². The molecule has 3 aliphatic heterocycles. The number of carbonyl (C=O) groups is 2. The number of benzene rings is 1. The third-order valence-electron chi connectivity index (χ3n) is 9.28. The van der Waals surface area contributed by atoms with Crippen LogP contribution >= 0.6 is 11.9 Å². The molecule has 0 bridgehead atoms. The quantitative estimate of drug-likeness (QED) is 0.166. The monoisotopic (exact) mass is 671 g/mol. The second-order valence-corrected chi connectivity index (χ2v) is 13.5. The van der Waals surface area contributed by atoms with Gasteiger partial charge >= 0.3 is 6.61 Å². The van der Waals surface area contributed by atoms with Crippen LogP contribution in [0, 0.1) is 0 Å². The summed E-state index contributed by atoms with van der Waals surface area (Å²) in [6.45, 7) is 6.30. The van der Waals surface area contributed by atoms with Crippen LogP contribution in [-0.4, -0.2) is 105 Å². The van der Waals surface area contributed by atoms with E-state index in [4.69, 9.17) is 5.10 Å². The molecule has 3 aromatic rings. The summed E-state index contributed by atoms with van der Waals surface area (Å²) >= 11 is 1.92. The molecule has 2 aromatic heterocycles. The smallest absolute Gasteiger partial charge is 0.387 e. The summed E-state index contributed by atoms with van der Waals surface area (Å²) in [4.78, 5) is 37.5. The maximum Gasteiger partial charge on any atom is 0.387 e. The lowest BCUT2D eigenvalue weighted by atomic mass is 9.92. The highest BCUT2D eigenvalue weighted by Gasteiger charge is 2.32. The van der Waals surface area contributed by atoms with Crippen LogP contribution in [-0.2, 0) is 23.1 Å². The number of fused-ring (bicyclic) bond motifs is 1. The van der Waals surface area contributed by atoms with Crippen molar-refractivity contribution in [2.24, 2.45) is 7.05 Å². The van der Waals surface area contributed by atoms with Crippen molar-refractivity contribution in [2.45, 2.75) is 64.0 Å². The van der Waals surface area contributed by atoms with E-state index >= 15 is 0 Å². The molecule has 0 saturated carbocycles. The zero-order chi connectivity index (χ0) is 32.9. The number of alkyl halides is 2. The van der Waals surface area contributed by atoms with Crippen LogP contribution in [0.25, 0.3) is 10.9 Å². The Morgan fingerprint density at radius 2 is 1.81 bits per heavy atom. The van der Waals surface area contributed by atoms with Gasteiger partial charge in [-0.15, -0.1) is 0 Å². The second kappa shape index (κ2) is 15.1. The van der Waals surface area contributed by atoms with Crippen LogP contribution in [0.15, 0.2) is 24.5 Å². The number of imide groups is 1. The summed E-state index contributed by atoms with van der Waals surface area (Å²) in [6.07, 6.45) is 7.32. The van der Waals surface area contributed by atoms with Crippen molar-refractivity contribution in [1.82, 2.24) is 34.3 Å². The molecule has 1 atom stereocenters. The predicted octanol–water partition coefficient (Wildman–Crippen LogP) is 3.78. The number of anilines is 2. The lowest BCUT2D eigenvalue weighted by Gasteiger charge is -2.37. The molecule has 254 valence electrons. The Hall–Kier alpha value is -3.56. The van der Waals surface area contributed by atoms with Crippen molar-refractivity contribution in [1.29, 1.82) is 0 Å². The van der Waals surface area contributed by atoms with Gasteiger partial charge in [0.2, 0.25) is 17.8 Å². The van der Waals surface area contributed by atoms with Crippen molar-refractivity contribution in [3.8, 4) is 5.75 Å². The van der Waals surface area contributed by atoms with Crippen LogP contribution < -0.4 is 20.3 Å². The van der Waals surface area contributed by atoms with Gasteiger partial charge in [-0.2, -0.15) is 13.9 Å². The summed E-state index contributed by atoms with van der Waals surface area (Å²) in [5, 5.41) is 11.5. The maximum absolute atomic E-state index is 12.6. The summed E-state index contributed by atoms with van der Waals surface area (Å²) in [5.74, 6) is 0.605. The molecule has 0 spiro atoms. The van der Waals surface area contributed by atoms with E-state index in [0.717, 1.165) is 93.8 Å². The Morgan fingerprint density at radius 1 is 1.06 bits per heavy atom. The average Bonchev–Trinajstić information content (AvgIpc) is 3.38. The molecule has 1 unspecified atom stereocenters. The second-order valence-electron chi connectivity index (χ2n) is 12.3. The van der Waals surface area contributed by atoms with E-state index in [9.17, 15) is 18.4 Å². The van der Waals surface area contributed by atoms with Crippen LogP contribution in [0.2, 0.25) is 0 Å². The first-order chi connectivity index (χ1) is 22.8. The van der Waals surface area contributed by atoms with Gasteiger partial charge in [0.25, 0.3) is 0 Å². The third kappa shape index (κ3) is 8.12. The zero-order valence-corrected chi connectivity index (χ0v) is 27.8. The van der Waals surface area contributed by atoms with Crippen molar-refractivity contribution >= 4 is 46.3 Å². The number of halogens is 2. The number of piperazine rings is 1. The Morgan fingerprint density at radius 3 is 2.49 bits per heavy atom. The SMILES string of the molecule is CCc1cc2c(C3CCC(=O)NC3=O)nn(C)c2cc1N1CCN(CCCSN2CCC(Nc3ncc(OC(F)F)cn3)CC2)CC1. The van der Waals surface area contributed by atoms with Crippen LogP contribution in [0.4, 0.5) is 20.4 Å². The first-order valence-corrected chi connectivity index (χ1v) is 17.4. The predicted molar refractivity (Wildman–Crippen MR) is 178 cm³/mol. The molecule has 12 nitrogen and oxygen atoms in total. The van der Waals surface area contributed by atoms with Gasteiger partial charge < -0.3 is 15.0 Å². The molecule has 3 saturated heterocycles. The van der Waals surface area contributed by atoms with E-state index in [1.54, 1.807) is 0 Å². The number of hydrogen-bond acceptors (Lipinski definition) is 11. The molecule has 3 fully saturated rings. The van der Waals surface area contributed by atoms with Crippen molar-refractivity contribution in [2.75, 3.05) is 61.8 Å². The van der Waals surface area contributed by atoms with E-state index in [1.807, 2.05) is 23.7 Å². The van der Waals surface area contributed by atoms with E-state index < -0.39 is 12.5 Å². The molecule has 0 aliphatic carbocycles. The van der Waals surface area contributed by atoms with E-state index in [2.05, 4.69) is 58.5 Å². The van der Waals surface area contributed by atoms with Gasteiger partial charge in [0.05, 0.1) is 29.5 Å². The lowest BCUT2D eigenvalue weighted by Crippen LogP contribution is -2.47. The molecular formula is C32H43F2N9O3S. The van der Waals surface area contributed by atoms with Gasteiger partial charge in [-0.1, -0.05) is 18.9 Å². The fourth-order valence-electron chi connectivity index (χ4n) is 6.71. The number of nitrogens with one attached hydrogen (secondary N) is 2. The lowest BCUT2D eigenvalue weighted by molar-refractivity contribution is -0.134. The maximum atomic E-state index is 12.6. The highest BCUT2D eigenvalue weighted by Crippen LogP contribution is 2.35. The molecule has 1 aromatic carbocycles. The molecule has 3 aliphatic rings. The number of aryl methyl sites for hydroxylation is 2. The Balaban J connectivity index is 0.930. The van der Waals surface area contributed by atoms with E-state index in [1.165, 1.54) is 23.6 Å². The minimum atomic E-state index is -2.88. The highest BCUT2D eigenvalue weighted by molar-refractivity contribution is 7.97. The minimum absolute atomic E-state index is 0.0459. The molecule has 15 heteroatoms. The number of nitrogens with zero attached hydrogens (tertiary/aromatic N) is 7. The Bertz CT molecular complexity index is 1540. The molecule has 2 amide bonds. The van der Waals surface area contributed by atoms with Gasteiger partial charge in [-0.3, -0.25) is 28.8 Å². The number of ether oxygens (including phenoxy) is 1. The van der Waals surface area contributed by atoms with Crippen LogP contribution in [0.5, 0.6) is 5.75 Å². The zero-order valence-electron chi connectivity index (χ0n) is 27.0. The number of rotatable bonds is 12. The Kier molecular flexibility index (Phi) is 10.7. The summed E-state index contributed by atoms with van der Waals surface area (Å²) in [6, 6.07) is 4.69. The molecule has 5 heterocycles. The normalized spacial score (nSPS) is 20.3. The average molecular weight is 672 g/mol. The first-order valence-electron chi connectivity index (χ1n) is 16.5. The topological polar surface area (TPSA) is 121 Å². The summed E-state index contributed by atoms with van der Waals surface area (Å²) in [5.41, 5.74) is 4.28. The molecule has 6 rings (SSSR count). The summed E-state index contributed by atoms with van der Waals surface area (Å²) < 4.78 is 33.3. The number of carbonyl (C=O) groups excluding carboxylic acids is 2. The number of amides is 2. The van der Waals surface area contributed by atoms with Gasteiger partial charge in [0, 0.05) is 75.6 Å². The largest absolute Gasteiger partial charge is 0.432 e. The summed E-state index contributed by atoms with van der Waals surface area (Å²) in [7, 11) is 1.93. The van der Waals surface area contributed by atoms with E-state index in [0.29, 0.717) is 18.8 Å². The van der Waals surface area contributed by atoms with Crippen molar-refractivity contribution < 1.29 is 23.1 Å². The first kappa shape index (κ1) is 33.3. The van der Waals surface area contributed by atoms with Gasteiger partial charge in [-0.25, -0.2) is 9.97 Å². The third-order valence-corrected chi connectivity index (χ3v) is 10.5. The number of aromatic nitrogens is 4. The minimum Gasteiger partial charge on any atom is -0.432 e. The standard InChI is InChI=1S/C32H43F2N9O3S/c1-3-21-17-25-27(40(2)39-29(25)24-5-6-28(44)38-30(24)45)18-26(21)42-14-12-41(13-15-42)9-4-16-47-43-10-7-22(8-11-43)37-32-35-19-23(20-36-32)46-31(33)34/h17-20,22,24,31H,3-16H2,1-2H3,(H,35,36,37)(H,38,44,45). The van der Waals surface area contributed by atoms with Gasteiger partial charge in [0.15, 0.2) is 5.75 Å². The van der Waals surface area contributed by atoms with Crippen LogP contribution in [0.1, 0.15) is 56.2 Å². The highest BCUT2D eigenvalue weighted by atomic mass is 32.2. The van der Waals surface area contributed by atoms with Gasteiger partial charge in [-0.05, 0) is 56.3 Å². The molecule has 47 heavy (non-hydrogen) atoms. The fourth-order valence-corrected chi connectivity index (χ4v) is 7.70. The molecule has 0 radical (unpaired) electrons. The number of hydrogen-bond donors (Lipinski definition) is 2.